The zero-order chi connectivity index (χ0) is 10.5. The number of aromatic nitrogens is 1. The highest BCUT2D eigenvalue weighted by Crippen LogP contribution is 2.10. The molecule has 0 spiro atoms. The van der Waals surface area contributed by atoms with Gasteiger partial charge in [-0.25, -0.2) is 4.98 Å². The number of rotatable bonds is 5. The first-order valence-electron chi connectivity index (χ1n) is 5.63. The van der Waals surface area contributed by atoms with E-state index < -0.39 is 0 Å². The molecule has 0 radical (unpaired) electrons. The van der Waals surface area contributed by atoms with Crippen molar-refractivity contribution in [2.24, 2.45) is 0 Å². The highest BCUT2D eigenvalue weighted by Gasteiger charge is 2.14. The second-order valence-electron chi connectivity index (χ2n) is 4.30. The summed E-state index contributed by atoms with van der Waals surface area (Å²) in [6.07, 6.45) is 3.96. The van der Waals surface area contributed by atoms with E-state index in [1.807, 2.05) is 5.51 Å². The third-order valence-corrected chi connectivity index (χ3v) is 3.57. The van der Waals surface area contributed by atoms with Gasteiger partial charge in [0.05, 0.1) is 11.2 Å². The van der Waals surface area contributed by atoms with Crippen molar-refractivity contribution in [2.75, 3.05) is 20.1 Å². The van der Waals surface area contributed by atoms with Gasteiger partial charge in [0.1, 0.15) is 0 Å². The van der Waals surface area contributed by atoms with E-state index in [2.05, 4.69) is 27.6 Å². The molecule has 4 heteroatoms. The van der Waals surface area contributed by atoms with E-state index in [1.54, 1.807) is 11.3 Å². The van der Waals surface area contributed by atoms with Crippen molar-refractivity contribution >= 4 is 11.3 Å². The maximum absolute atomic E-state index is 4.30. The summed E-state index contributed by atoms with van der Waals surface area (Å²) in [4.78, 5) is 6.65. The minimum absolute atomic E-state index is 0.753. The molecule has 84 valence electrons. The van der Waals surface area contributed by atoms with Crippen molar-refractivity contribution in [3.8, 4) is 0 Å². The van der Waals surface area contributed by atoms with Crippen molar-refractivity contribution in [1.29, 1.82) is 0 Å². The Morgan fingerprint density at radius 2 is 2.60 bits per heavy atom. The van der Waals surface area contributed by atoms with Gasteiger partial charge in [-0.15, -0.1) is 11.3 Å². The average molecular weight is 225 g/mol. The number of hydrogen-bond donors (Lipinski definition) is 1. The number of nitrogens with zero attached hydrogens (tertiary/aromatic N) is 2. The van der Waals surface area contributed by atoms with Crippen LogP contribution in [0.15, 0.2) is 10.9 Å². The average Bonchev–Trinajstić information content (AvgIpc) is 2.86. The minimum Gasteiger partial charge on any atom is -0.314 e. The molecule has 3 nitrogen and oxygen atoms in total. The van der Waals surface area contributed by atoms with E-state index in [0.717, 1.165) is 19.1 Å². The van der Waals surface area contributed by atoms with E-state index in [-0.39, 0.29) is 0 Å². The molecule has 1 saturated heterocycles. The molecule has 1 aromatic heterocycles. The summed E-state index contributed by atoms with van der Waals surface area (Å²) >= 11 is 1.67. The lowest BCUT2D eigenvalue weighted by atomic mass is 10.1. The fourth-order valence-electron chi connectivity index (χ4n) is 2.05. The summed E-state index contributed by atoms with van der Waals surface area (Å²) in [5, 5.41) is 5.66. The van der Waals surface area contributed by atoms with Gasteiger partial charge in [-0.2, -0.15) is 0 Å². The van der Waals surface area contributed by atoms with Gasteiger partial charge < -0.3 is 10.2 Å². The third kappa shape index (κ3) is 3.55. The number of nitrogens with one attached hydrogen (secondary N) is 1. The molecule has 15 heavy (non-hydrogen) atoms. The monoisotopic (exact) mass is 225 g/mol. The van der Waals surface area contributed by atoms with Crippen LogP contribution in [0.3, 0.4) is 0 Å². The van der Waals surface area contributed by atoms with Gasteiger partial charge in [0.15, 0.2) is 0 Å². The predicted octanol–water partition coefficient (Wildman–Crippen LogP) is 1.72. The standard InChI is InChI=1S/C11H19N3S/c1-14(7-11-8-15-9-13-11)6-4-10-3-2-5-12-10/h8-10,12H,2-7H2,1H3. The molecule has 1 aromatic rings. The summed E-state index contributed by atoms with van der Waals surface area (Å²) < 4.78 is 0. The van der Waals surface area contributed by atoms with Gasteiger partial charge in [-0.1, -0.05) is 0 Å². The maximum Gasteiger partial charge on any atom is 0.0795 e. The number of thiazole rings is 1. The molecule has 0 saturated carbocycles. The first kappa shape index (κ1) is 11.0. The highest BCUT2D eigenvalue weighted by atomic mass is 32.1. The van der Waals surface area contributed by atoms with Crippen LogP contribution in [0.5, 0.6) is 0 Å². The minimum atomic E-state index is 0.753. The second-order valence-corrected chi connectivity index (χ2v) is 5.02. The molecule has 0 bridgehead atoms. The van der Waals surface area contributed by atoms with Crippen LogP contribution in [0.1, 0.15) is 25.0 Å². The Morgan fingerprint density at radius 1 is 1.67 bits per heavy atom. The summed E-state index contributed by atoms with van der Waals surface area (Å²) in [5.74, 6) is 0. The molecule has 2 rings (SSSR count). The zero-order valence-electron chi connectivity index (χ0n) is 9.28. The van der Waals surface area contributed by atoms with Gasteiger partial charge in [-0.3, -0.25) is 0 Å². The number of hydrogen-bond acceptors (Lipinski definition) is 4. The Balaban J connectivity index is 1.66. The lowest BCUT2D eigenvalue weighted by Gasteiger charge is -2.18. The van der Waals surface area contributed by atoms with Gasteiger partial charge in [0.2, 0.25) is 0 Å². The van der Waals surface area contributed by atoms with Gasteiger partial charge in [0.25, 0.3) is 0 Å². The van der Waals surface area contributed by atoms with Crippen LogP contribution >= 0.6 is 11.3 Å². The van der Waals surface area contributed by atoms with Crippen LogP contribution < -0.4 is 5.32 Å². The summed E-state index contributed by atoms with van der Waals surface area (Å²) in [7, 11) is 2.17. The van der Waals surface area contributed by atoms with E-state index in [1.165, 1.54) is 31.5 Å². The predicted molar refractivity (Wildman–Crippen MR) is 64.1 cm³/mol. The van der Waals surface area contributed by atoms with Crippen LogP contribution in [0.25, 0.3) is 0 Å². The Morgan fingerprint density at radius 3 is 3.27 bits per heavy atom. The van der Waals surface area contributed by atoms with Crippen LogP contribution in [0.4, 0.5) is 0 Å². The topological polar surface area (TPSA) is 28.2 Å². The Bertz CT molecular complexity index is 267. The fourth-order valence-corrected chi connectivity index (χ4v) is 2.60. The van der Waals surface area contributed by atoms with Crippen molar-refractivity contribution < 1.29 is 0 Å². The summed E-state index contributed by atoms with van der Waals surface area (Å²) in [6, 6.07) is 0.753. The van der Waals surface area contributed by atoms with E-state index in [4.69, 9.17) is 0 Å². The maximum atomic E-state index is 4.30. The Kier molecular flexibility index (Phi) is 4.11. The largest absolute Gasteiger partial charge is 0.314 e. The Hall–Kier alpha value is -0.450. The molecule has 1 unspecified atom stereocenters. The van der Waals surface area contributed by atoms with Gasteiger partial charge >= 0.3 is 0 Å². The van der Waals surface area contributed by atoms with Crippen LogP contribution in [-0.2, 0) is 6.54 Å². The van der Waals surface area contributed by atoms with Crippen molar-refractivity contribution in [1.82, 2.24) is 15.2 Å². The molecular formula is C11H19N3S. The highest BCUT2D eigenvalue weighted by molar-refractivity contribution is 7.07. The second kappa shape index (κ2) is 5.58. The summed E-state index contributed by atoms with van der Waals surface area (Å²) in [6.45, 7) is 3.35. The van der Waals surface area contributed by atoms with E-state index in [0.29, 0.717) is 0 Å². The Labute approximate surface area is 95.5 Å². The molecule has 1 fully saturated rings. The smallest absolute Gasteiger partial charge is 0.0795 e. The SMILES string of the molecule is CN(CCC1CCCN1)Cc1cscn1. The third-order valence-electron chi connectivity index (χ3n) is 2.94. The lowest BCUT2D eigenvalue weighted by molar-refractivity contribution is 0.303. The fraction of sp³-hybridized carbons (Fsp3) is 0.727. The van der Waals surface area contributed by atoms with Crippen molar-refractivity contribution in [3.63, 3.8) is 0 Å². The molecule has 1 N–H and O–H groups in total. The molecule has 0 aromatic carbocycles. The van der Waals surface area contributed by atoms with E-state index in [9.17, 15) is 0 Å². The van der Waals surface area contributed by atoms with Crippen molar-refractivity contribution in [2.45, 2.75) is 31.8 Å². The lowest BCUT2D eigenvalue weighted by Crippen LogP contribution is -2.28. The molecule has 1 aliphatic rings. The van der Waals surface area contributed by atoms with Crippen LogP contribution in [-0.4, -0.2) is 36.1 Å². The van der Waals surface area contributed by atoms with Crippen molar-refractivity contribution in [3.05, 3.63) is 16.6 Å². The molecule has 1 aliphatic heterocycles. The van der Waals surface area contributed by atoms with Gasteiger partial charge in [-0.05, 0) is 39.4 Å². The normalized spacial score (nSPS) is 21.3. The van der Waals surface area contributed by atoms with E-state index >= 15 is 0 Å². The molecule has 2 heterocycles. The molecule has 1 atom stereocenters. The zero-order valence-corrected chi connectivity index (χ0v) is 10.1. The summed E-state index contributed by atoms with van der Waals surface area (Å²) in [5.41, 5.74) is 3.10. The molecular weight excluding hydrogens is 206 g/mol. The van der Waals surface area contributed by atoms with Crippen LogP contribution in [0.2, 0.25) is 0 Å². The first-order valence-corrected chi connectivity index (χ1v) is 6.58. The quantitative estimate of drug-likeness (QED) is 0.827. The molecule has 0 amide bonds. The first-order chi connectivity index (χ1) is 7.34. The molecule has 0 aliphatic carbocycles. The van der Waals surface area contributed by atoms with Gasteiger partial charge in [0, 0.05) is 18.0 Å². The van der Waals surface area contributed by atoms with Crippen LogP contribution in [0, 0.1) is 0 Å².